The van der Waals surface area contributed by atoms with E-state index in [1.54, 1.807) is 49.0 Å². The number of amides is 1. The largest absolute Gasteiger partial charge is 0.481 e. The van der Waals surface area contributed by atoms with Gasteiger partial charge < -0.3 is 10.4 Å². The van der Waals surface area contributed by atoms with Crippen LogP contribution in [0.3, 0.4) is 0 Å². The summed E-state index contributed by atoms with van der Waals surface area (Å²) in [7, 11) is 0. The van der Waals surface area contributed by atoms with Gasteiger partial charge in [-0.2, -0.15) is 5.10 Å². The van der Waals surface area contributed by atoms with Gasteiger partial charge in [-0.3, -0.25) is 9.59 Å². The highest BCUT2D eigenvalue weighted by molar-refractivity contribution is 5.94. The van der Waals surface area contributed by atoms with Crippen LogP contribution in [0.2, 0.25) is 0 Å². The third-order valence-electron chi connectivity index (χ3n) is 3.40. The van der Waals surface area contributed by atoms with Gasteiger partial charge in [-0.05, 0) is 44.2 Å². The van der Waals surface area contributed by atoms with Crippen LogP contribution < -0.4 is 5.32 Å². The zero-order valence-electron chi connectivity index (χ0n) is 11.9. The molecule has 0 aliphatic rings. The number of nitrogens with one attached hydrogen (secondary N) is 1. The Bertz CT molecular complexity index is 620. The van der Waals surface area contributed by atoms with Crippen LogP contribution in [-0.2, 0) is 4.79 Å². The normalized spacial score (nSPS) is 13.4. The molecule has 0 spiro atoms. The first-order valence-corrected chi connectivity index (χ1v) is 6.63. The SMILES string of the molecule is CC(NC(=O)c1ccc(-n2cccn2)cc1)C(C)C(=O)O. The van der Waals surface area contributed by atoms with Crippen LogP contribution in [0, 0.1) is 5.92 Å². The lowest BCUT2D eigenvalue weighted by molar-refractivity contribution is -0.141. The van der Waals surface area contributed by atoms with Crippen LogP contribution in [0.5, 0.6) is 0 Å². The van der Waals surface area contributed by atoms with Gasteiger partial charge in [0.25, 0.3) is 5.91 Å². The summed E-state index contributed by atoms with van der Waals surface area (Å²) in [6, 6.07) is 8.31. The Morgan fingerprint density at radius 3 is 2.43 bits per heavy atom. The number of rotatable bonds is 5. The number of aliphatic carboxylic acids is 1. The number of aromatic nitrogens is 2. The summed E-state index contributed by atoms with van der Waals surface area (Å²) in [4.78, 5) is 22.9. The standard InChI is InChI=1S/C15H17N3O3/c1-10(15(20)21)11(2)17-14(19)12-4-6-13(7-5-12)18-9-3-8-16-18/h3-11H,1-2H3,(H,17,19)(H,20,21). The van der Waals surface area contributed by atoms with Crippen LogP contribution in [0.4, 0.5) is 0 Å². The van der Waals surface area contributed by atoms with Crippen LogP contribution in [0.25, 0.3) is 5.69 Å². The molecule has 1 amide bonds. The van der Waals surface area contributed by atoms with Gasteiger partial charge in [-0.15, -0.1) is 0 Å². The van der Waals surface area contributed by atoms with Crippen molar-refractivity contribution in [3.05, 3.63) is 48.3 Å². The van der Waals surface area contributed by atoms with Gasteiger partial charge in [-0.25, -0.2) is 4.68 Å². The lowest BCUT2D eigenvalue weighted by Crippen LogP contribution is -2.40. The fourth-order valence-corrected chi connectivity index (χ4v) is 1.82. The number of nitrogens with zero attached hydrogens (tertiary/aromatic N) is 2. The Morgan fingerprint density at radius 1 is 1.24 bits per heavy atom. The second kappa shape index (κ2) is 6.21. The predicted molar refractivity (Wildman–Crippen MR) is 77.3 cm³/mol. The van der Waals surface area contributed by atoms with Gasteiger partial charge >= 0.3 is 5.97 Å². The Morgan fingerprint density at radius 2 is 1.90 bits per heavy atom. The highest BCUT2D eigenvalue weighted by Crippen LogP contribution is 2.10. The van der Waals surface area contributed by atoms with Crippen molar-refractivity contribution in [2.75, 3.05) is 0 Å². The molecule has 0 saturated heterocycles. The van der Waals surface area contributed by atoms with E-state index in [1.165, 1.54) is 0 Å². The fraction of sp³-hybridized carbons (Fsp3) is 0.267. The molecule has 0 aliphatic carbocycles. The molecule has 110 valence electrons. The van der Waals surface area contributed by atoms with Crippen LogP contribution in [-0.4, -0.2) is 32.8 Å². The van der Waals surface area contributed by atoms with Gasteiger partial charge in [0.2, 0.25) is 0 Å². The number of carboxylic acids is 1. The first kappa shape index (κ1) is 14.8. The van der Waals surface area contributed by atoms with Gasteiger partial charge in [0.05, 0.1) is 11.6 Å². The van der Waals surface area contributed by atoms with Crippen LogP contribution >= 0.6 is 0 Å². The minimum absolute atomic E-state index is 0.289. The maximum absolute atomic E-state index is 12.1. The summed E-state index contributed by atoms with van der Waals surface area (Å²) >= 11 is 0. The summed E-state index contributed by atoms with van der Waals surface area (Å²) in [5, 5.41) is 15.7. The molecule has 6 nitrogen and oxygen atoms in total. The quantitative estimate of drug-likeness (QED) is 0.876. The van der Waals surface area contributed by atoms with Crippen molar-refractivity contribution in [3.63, 3.8) is 0 Å². The molecule has 2 atom stereocenters. The van der Waals surface area contributed by atoms with E-state index in [1.807, 2.05) is 12.3 Å². The first-order valence-electron chi connectivity index (χ1n) is 6.63. The molecule has 0 aliphatic heterocycles. The lowest BCUT2D eigenvalue weighted by atomic mass is 10.0. The van der Waals surface area contributed by atoms with Crippen molar-refractivity contribution in [2.45, 2.75) is 19.9 Å². The summed E-state index contributed by atoms with van der Waals surface area (Å²) < 4.78 is 1.69. The summed E-state index contributed by atoms with van der Waals surface area (Å²) in [6.45, 7) is 3.24. The molecule has 0 fully saturated rings. The van der Waals surface area contributed by atoms with Crippen molar-refractivity contribution >= 4 is 11.9 Å². The highest BCUT2D eigenvalue weighted by atomic mass is 16.4. The Hall–Kier alpha value is -2.63. The van der Waals surface area contributed by atoms with Gasteiger partial charge in [0, 0.05) is 24.0 Å². The number of carbonyl (C=O) groups excluding carboxylic acids is 1. The molecular weight excluding hydrogens is 270 g/mol. The monoisotopic (exact) mass is 287 g/mol. The van der Waals surface area contributed by atoms with Gasteiger partial charge in [0.15, 0.2) is 0 Å². The van der Waals surface area contributed by atoms with E-state index in [2.05, 4.69) is 10.4 Å². The molecule has 6 heteroatoms. The molecule has 2 unspecified atom stereocenters. The minimum atomic E-state index is -0.933. The van der Waals surface area contributed by atoms with Crippen molar-refractivity contribution in [1.29, 1.82) is 0 Å². The lowest BCUT2D eigenvalue weighted by Gasteiger charge is -2.17. The van der Waals surface area contributed by atoms with Crippen LogP contribution in [0.1, 0.15) is 24.2 Å². The number of hydrogen-bond acceptors (Lipinski definition) is 3. The molecule has 2 N–H and O–H groups in total. The van der Waals surface area contributed by atoms with E-state index in [4.69, 9.17) is 5.11 Å². The third-order valence-corrected chi connectivity index (χ3v) is 3.40. The van der Waals surface area contributed by atoms with E-state index >= 15 is 0 Å². The predicted octanol–water partition coefficient (Wildman–Crippen LogP) is 1.71. The molecule has 21 heavy (non-hydrogen) atoms. The molecule has 1 aromatic heterocycles. The van der Waals surface area contributed by atoms with Gasteiger partial charge in [0.1, 0.15) is 0 Å². The second-order valence-electron chi connectivity index (χ2n) is 4.89. The zero-order valence-corrected chi connectivity index (χ0v) is 11.9. The smallest absolute Gasteiger partial charge is 0.308 e. The molecular formula is C15H17N3O3. The number of benzene rings is 1. The maximum Gasteiger partial charge on any atom is 0.308 e. The molecule has 0 bridgehead atoms. The van der Waals surface area contributed by atoms with E-state index in [9.17, 15) is 9.59 Å². The molecule has 1 aromatic carbocycles. The molecule has 2 aromatic rings. The zero-order chi connectivity index (χ0) is 15.4. The fourth-order valence-electron chi connectivity index (χ4n) is 1.82. The van der Waals surface area contributed by atoms with Crippen LogP contribution in [0.15, 0.2) is 42.7 Å². The van der Waals surface area contributed by atoms with E-state index in [0.29, 0.717) is 5.56 Å². The van der Waals surface area contributed by atoms with Crippen molar-refractivity contribution in [2.24, 2.45) is 5.92 Å². The number of hydrogen-bond donors (Lipinski definition) is 2. The third kappa shape index (κ3) is 3.47. The molecule has 0 radical (unpaired) electrons. The topological polar surface area (TPSA) is 84.2 Å². The number of carboxylic acid groups (broad SMARTS) is 1. The molecule has 2 rings (SSSR count). The maximum atomic E-state index is 12.1. The second-order valence-corrected chi connectivity index (χ2v) is 4.89. The van der Waals surface area contributed by atoms with Gasteiger partial charge in [-0.1, -0.05) is 0 Å². The highest BCUT2D eigenvalue weighted by Gasteiger charge is 2.21. The summed E-state index contributed by atoms with van der Waals surface area (Å²) in [5.74, 6) is -1.86. The van der Waals surface area contributed by atoms with Crippen molar-refractivity contribution in [1.82, 2.24) is 15.1 Å². The Labute approximate surface area is 122 Å². The van der Waals surface area contributed by atoms with E-state index in [0.717, 1.165) is 5.69 Å². The first-order chi connectivity index (χ1) is 9.99. The Balaban J connectivity index is 2.05. The number of carbonyl (C=O) groups is 2. The average Bonchev–Trinajstić information content (AvgIpc) is 3.00. The molecule has 1 heterocycles. The Kier molecular flexibility index (Phi) is 4.37. The minimum Gasteiger partial charge on any atom is -0.481 e. The van der Waals surface area contributed by atoms with E-state index in [-0.39, 0.29) is 5.91 Å². The average molecular weight is 287 g/mol. The van der Waals surface area contributed by atoms with Crippen molar-refractivity contribution < 1.29 is 14.7 Å². The summed E-state index contributed by atoms with van der Waals surface area (Å²) in [5.41, 5.74) is 1.33. The van der Waals surface area contributed by atoms with E-state index < -0.39 is 17.9 Å². The van der Waals surface area contributed by atoms with Crippen molar-refractivity contribution in [3.8, 4) is 5.69 Å². The molecule has 0 saturated carbocycles. The summed E-state index contributed by atoms with van der Waals surface area (Å²) in [6.07, 6.45) is 3.49.